The van der Waals surface area contributed by atoms with Crippen molar-refractivity contribution in [2.45, 2.75) is 18.2 Å². The molecule has 0 saturated heterocycles. The fraction of sp³-hybridized carbons (Fsp3) is 0.333. The van der Waals surface area contributed by atoms with Crippen molar-refractivity contribution in [2.24, 2.45) is 0 Å². The van der Waals surface area contributed by atoms with Crippen molar-refractivity contribution >= 4 is 15.9 Å². The Morgan fingerprint density at radius 3 is 1.83 bits per heavy atom. The number of hydrogen-bond acceptors (Lipinski definition) is 2. The topological polar surface area (TPSA) is 18.5 Å². The summed E-state index contributed by atoms with van der Waals surface area (Å²) >= 11 is 3.45. The van der Waals surface area contributed by atoms with Gasteiger partial charge in [0, 0.05) is 11.4 Å². The van der Waals surface area contributed by atoms with Crippen LogP contribution in [-0.4, -0.2) is 13.2 Å². The minimum absolute atomic E-state index is 0.640. The molecule has 0 saturated carbocycles. The Kier molecular flexibility index (Phi) is 7.26. The molecule has 0 fully saturated rings. The first-order valence-electron chi connectivity index (χ1n) is 5.97. The van der Waals surface area contributed by atoms with E-state index in [1.165, 1.54) is 0 Å². The molecule has 0 unspecified atom stereocenters. The molecule has 0 amide bonds. The quantitative estimate of drug-likeness (QED) is 0.380. The lowest BCUT2D eigenvalue weighted by Gasteiger charge is -2.10. The van der Waals surface area contributed by atoms with Crippen LogP contribution in [0.25, 0.3) is 0 Å². The van der Waals surface area contributed by atoms with Crippen LogP contribution in [0.15, 0.2) is 43.5 Å². The van der Waals surface area contributed by atoms with Crippen molar-refractivity contribution in [3.8, 4) is 11.5 Å². The first-order chi connectivity index (χ1) is 8.80. The maximum atomic E-state index is 5.64. The number of benzene rings is 1. The molecule has 0 aliphatic heterocycles. The van der Waals surface area contributed by atoms with Gasteiger partial charge in [0.2, 0.25) is 0 Å². The zero-order valence-corrected chi connectivity index (χ0v) is 12.1. The van der Waals surface area contributed by atoms with Gasteiger partial charge in [0.05, 0.1) is 13.2 Å². The van der Waals surface area contributed by atoms with Crippen LogP contribution in [-0.2, 0) is 5.33 Å². The second kappa shape index (κ2) is 8.81. The molecule has 0 bridgehead atoms. The van der Waals surface area contributed by atoms with E-state index in [9.17, 15) is 0 Å². The maximum Gasteiger partial charge on any atom is 0.123 e. The van der Waals surface area contributed by atoms with E-state index in [-0.39, 0.29) is 0 Å². The Balaban J connectivity index is 2.67. The van der Waals surface area contributed by atoms with E-state index in [0.717, 1.165) is 35.2 Å². The van der Waals surface area contributed by atoms with Gasteiger partial charge in [0.1, 0.15) is 11.5 Å². The average molecular weight is 311 g/mol. The molecule has 0 heterocycles. The van der Waals surface area contributed by atoms with Crippen molar-refractivity contribution < 1.29 is 9.47 Å². The van der Waals surface area contributed by atoms with Gasteiger partial charge >= 0.3 is 0 Å². The molecule has 0 aromatic heterocycles. The summed E-state index contributed by atoms with van der Waals surface area (Å²) in [5, 5.41) is 0.781. The third-order valence-corrected chi connectivity index (χ3v) is 2.92. The minimum atomic E-state index is 0.640. The van der Waals surface area contributed by atoms with E-state index < -0.39 is 0 Å². The Hall–Kier alpha value is -1.22. The summed E-state index contributed by atoms with van der Waals surface area (Å²) in [4.78, 5) is 0. The summed E-state index contributed by atoms with van der Waals surface area (Å²) in [6, 6.07) is 5.94. The van der Waals surface area contributed by atoms with Gasteiger partial charge in [-0.25, -0.2) is 0 Å². The lowest BCUT2D eigenvalue weighted by molar-refractivity contribution is 0.308. The van der Waals surface area contributed by atoms with Crippen molar-refractivity contribution in [2.75, 3.05) is 13.2 Å². The van der Waals surface area contributed by atoms with Gasteiger partial charge in [-0.05, 0) is 30.5 Å². The molecule has 1 aromatic rings. The van der Waals surface area contributed by atoms with E-state index in [4.69, 9.17) is 9.47 Å². The smallest absolute Gasteiger partial charge is 0.123 e. The minimum Gasteiger partial charge on any atom is -0.493 e. The molecule has 98 valence electrons. The number of hydrogen-bond donors (Lipinski definition) is 0. The molecule has 0 spiro atoms. The predicted octanol–water partition coefficient (Wildman–Crippen LogP) is 4.49. The third kappa shape index (κ3) is 5.41. The Bertz CT molecular complexity index is 356. The molecule has 0 aliphatic rings. The summed E-state index contributed by atoms with van der Waals surface area (Å²) in [6.45, 7) is 8.62. The largest absolute Gasteiger partial charge is 0.493 e. The van der Waals surface area contributed by atoms with E-state index in [1.54, 1.807) is 0 Å². The average Bonchev–Trinajstić information content (AvgIpc) is 2.39. The molecular weight excluding hydrogens is 292 g/mol. The van der Waals surface area contributed by atoms with Crippen LogP contribution >= 0.6 is 15.9 Å². The molecule has 0 N–H and O–H groups in total. The van der Waals surface area contributed by atoms with Gasteiger partial charge in [-0.2, -0.15) is 0 Å². The second-order valence-electron chi connectivity index (χ2n) is 3.80. The molecular formula is C15H19BrO2. The van der Waals surface area contributed by atoms with Crippen molar-refractivity contribution in [1.29, 1.82) is 0 Å². The van der Waals surface area contributed by atoms with Gasteiger partial charge < -0.3 is 9.47 Å². The van der Waals surface area contributed by atoms with Crippen LogP contribution in [0.4, 0.5) is 0 Å². The van der Waals surface area contributed by atoms with Gasteiger partial charge in [-0.3, -0.25) is 0 Å². The van der Waals surface area contributed by atoms with Crippen molar-refractivity contribution in [3.05, 3.63) is 49.1 Å². The fourth-order valence-corrected chi connectivity index (χ4v) is 1.72. The first-order valence-corrected chi connectivity index (χ1v) is 7.09. The van der Waals surface area contributed by atoms with E-state index >= 15 is 0 Å². The van der Waals surface area contributed by atoms with Crippen LogP contribution in [0.2, 0.25) is 0 Å². The van der Waals surface area contributed by atoms with E-state index in [1.807, 2.05) is 30.4 Å². The predicted molar refractivity (Wildman–Crippen MR) is 79.7 cm³/mol. The highest BCUT2D eigenvalue weighted by molar-refractivity contribution is 9.08. The van der Waals surface area contributed by atoms with E-state index in [2.05, 4.69) is 29.1 Å². The molecule has 1 aromatic carbocycles. The molecule has 3 heteroatoms. The van der Waals surface area contributed by atoms with Gasteiger partial charge in [0.25, 0.3) is 0 Å². The molecule has 0 aliphatic carbocycles. The van der Waals surface area contributed by atoms with Crippen LogP contribution in [0.5, 0.6) is 11.5 Å². The summed E-state index contributed by atoms with van der Waals surface area (Å²) in [5.41, 5.74) is 1.14. The van der Waals surface area contributed by atoms with Crippen LogP contribution in [0, 0.1) is 0 Å². The zero-order chi connectivity index (χ0) is 13.2. The van der Waals surface area contributed by atoms with Crippen molar-refractivity contribution in [3.63, 3.8) is 0 Å². The number of rotatable bonds is 9. The van der Waals surface area contributed by atoms with E-state index in [0.29, 0.717) is 13.2 Å². The number of ether oxygens (including phenoxy) is 2. The van der Waals surface area contributed by atoms with Crippen LogP contribution in [0.1, 0.15) is 18.4 Å². The van der Waals surface area contributed by atoms with Crippen LogP contribution < -0.4 is 9.47 Å². The third-order valence-electron chi connectivity index (χ3n) is 2.28. The highest BCUT2D eigenvalue weighted by Gasteiger charge is 2.02. The summed E-state index contributed by atoms with van der Waals surface area (Å²) in [6.07, 6.45) is 5.36. The maximum absolute atomic E-state index is 5.64. The fourth-order valence-electron chi connectivity index (χ4n) is 1.39. The number of halogens is 1. The first kappa shape index (κ1) is 14.8. The molecule has 18 heavy (non-hydrogen) atoms. The standard InChI is InChI=1S/C15H19BrO2/c1-3-5-7-17-14-9-13(12-16)10-15(11-14)18-8-6-4-2/h3-4,9-11H,1-2,5-8,12H2. The Morgan fingerprint density at radius 2 is 1.44 bits per heavy atom. The highest BCUT2D eigenvalue weighted by atomic mass is 79.9. The molecule has 2 nitrogen and oxygen atoms in total. The molecule has 0 atom stereocenters. The normalized spacial score (nSPS) is 9.83. The highest BCUT2D eigenvalue weighted by Crippen LogP contribution is 2.24. The Morgan fingerprint density at radius 1 is 0.944 bits per heavy atom. The molecule has 1 rings (SSSR count). The number of alkyl halides is 1. The van der Waals surface area contributed by atoms with Gasteiger partial charge in [-0.15, -0.1) is 13.2 Å². The lowest BCUT2D eigenvalue weighted by atomic mass is 10.2. The Labute approximate surface area is 117 Å². The van der Waals surface area contributed by atoms with Crippen molar-refractivity contribution in [1.82, 2.24) is 0 Å². The zero-order valence-electron chi connectivity index (χ0n) is 10.5. The van der Waals surface area contributed by atoms with Gasteiger partial charge in [0.15, 0.2) is 0 Å². The molecule has 0 radical (unpaired) electrons. The van der Waals surface area contributed by atoms with Crippen LogP contribution in [0.3, 0.4) is 0 Å². The summed E-state index contributed by atoms with van der Waals surface area (Å²) in [5.74, 6) is 1.67. The summed E-state index contributed by atoms with van der Waals surface area (Å²) < 4.78 is 11.3. The monoisotopic (exact) mass is 310 g/mol. The van der Waals surface area contributed by atoms with Gasteiger partial charge in [-0.1, -0.05) is 28.1 Å². The summed E-state index contributed by atoms with van der Waals surface area (Å²) in [7, 11) is 0. The second-order valence-corrected chi connectivity index (χ2v) is 4.36. The lowest BCUT2D eigenvalue weighted by Crippen LogP contribution is -1.99. The SMILES string of the molecule is C=CCCOc1cc(CBr)cc(OCCC=C)c1.